The van der Waals surface area contributed by atoms with Crippen LogP contribution in [0.15, 0.2) is 21.3 Å². The van der Waals surface area contributed by atoms with Crippen molar-refractivity contribution in [2.24, 2.45) is 0 Å². The monoisotopic (exact) mass is 310 g/mol. The molecule has 0 spiro atoms. The van der Waals surface area contributed by atoms with Crippen LogP contribution in [0.1, 0.15) is 44.5 Å². The van der Waals surface area contributed by atoms with Crippen LogP contribution in [0.5, 0.6) is 5.75 Å². The van der Waals surface area contributed by atoms with Crippen LogP contribution >= 0.6 is 0 Å². The summed E-state index contributed by atoms with van der Waals surface area (Å²) in [6.45, 7) is 6.19. The van der Waals surface area contributed by atoms with Crippen molar-refractivity contribution in [2.45, 2.75) is 45.8 Å². The Balaban J connectivity index is 2.29. The van der Waals surface area contributed by atoms with Gasteiger partial charge in [0.2, 0.25) is 5.58 Å². The van der Waals surface area contributed by atoms with Crippen LogP contribution in [0.2, 0.25) is 0 Å². The molecule has 0 saturated heterocycles. The third-order valence-electron chi connectivity index (χ3n) is 2.91. The minimum Gasteiger partial charge on any atom is -0.456 e. The van der Waals surface area contributed by atoms with Crippen LogP contribution in [-0.2, 0) is 9.53 Å². The number of hydrogen-bond donors (Lipinski definition) is 1. The Labute approximate surface area is 126 Å². The maximum Gasteiger partial charge on any atom is 0.342 e. The molecule has 0 aliphatic rings. The molecule has 1 unspecified atom stereocenters. The van der Waals surface area contributed by atoms with Crippen LogP contribution < -0.4 is 4.74 Å². The zero-order valence-corrected chi connectivity index (χ0v) is 12.8. The lowest BCUT2D eigenvalue weighted by Gasteiger charge is -2.26. The Morgan fingerprint density at radius 2 is 2.00 bits per heavy atom. The highest BCUT2D eigenvalue weighted by molar-refractivity contribution is 5.99. The number of ether oxygens (including phenoxy) is 2. The molecular formula is C15H18O7. The van der Waals surface area contributed by atoms with E-state index in [-0.39, 0.29) is 23.3 Å². The number of rotatable bonds is 5. The molecule has 120 valence electrons. The fourth-order valence-corrected chi connectivity index (χ4v) is 2.21. The van der Waals surface area contributed by atoms with E-state index in [2.05, 4.69) is 0 Å². The van der Waals surface area contributed by atoms with Crippen molar-refractivity contribution in [3.8, 4) is 5.75 Å². The largest absolute Gasteiger partial charge is 0.456 e. The number of hydrogen-bond acceptors (Lipinski definition) is 7. The highest BCUT2D eigenvalue weighted by Gasteiger charge is 2.30. The van der Waals surface area contributed by atoms with E-state index in [9.17, 15) is 14.7 Å². The first-order valence-electron chi connectivity index (χ1n) is 6.81. The SMILES string of the molecule is CC(=O)Oc1c(C(=O)OC(C)(C)CC(C)O)ccc2ooc12. The summed E-state index contributed by atoms with van der Waals surface area (Å²) in [6.07, 6.45) is -0.351. The molecule has 7 nitrogen and oxygen atoms in total. The minimum atomic E-state index is -0.876. The number of fused-ring (bicyclic) bond motifs is 1. The molecule has 0 saturated carbocycles. The molecule has 0 aliphatic carbocycles. The Hall–Kier alpha value is -2.28. The predicted octanol–water partition coefficient (Wildman–Crippen LogP) is 2.66. The molecule has 1 heterocycles. The number of carbonyl (C=O) groups is 2. The van der Waals surface area contributed by atoms with Gasteiger partial charge in [-0.1, -0.05) is 0 Å². The number of carbonyl (C=O) groups excluding carboxylic acids is 2. The molecule has 1 aromatic carbocycles. The molecule has 1 aromatic heterocycles. The van der Waals surface area contributed by atoms with Gasteiger partial charge in [-0.25, -0.2) is 4.79 Å². The van der Waals surface area contributed by atoms with Crippen LogP contribution in [0.3, 0.4) is 0 Å². The fourth-order valence-electron chi connectivity index (χ4n) is 2.21. The Bertz CT molecular complexity index is 690. The lowest BCUT2D eigenvalue weighted by atomic mass is 10.0. The van der Waals surface area contributed by atoms with Crippen LogP contribution in [0.25, 0.3) is 11.2 Å². The van der Waals surface area contributed by atoms with Gasteiger partial charge in [-0.05, 0) is 32.9 Å². The summed E-state index contributed by atoms with van der Waals surface area (Å²) in [6, 6.07) is 2.95. The van der Waals surface area contributed by atoms with Gasteiger partial charge in [-0.2, -0.15) is 0 Å². The molecule has 0 bridgehead atoms. The summed E-state index contributed by atoms with van der Waals surface area (Å²) in [7, 11) is 0. The van der Waals surface area contributed by atoms with Crippen molar-refractivity contribution in [1.82, 2.24) is 0 Å². The van der Waals surface area contributed by atoms with E-state index in [4.69, 9.17) is 18.6 Å². The van der Waals surface area contributed by atoms with Gasteiger partial charge in [-0.15, -0.1) is 0 Å². The van der Waals surface area contributed by atoms with Gasteiger partial charge in [0.05, 0.1) is 6.10 Å². The number of aliphatic hydroxyl groups is 1. The molecule has 1 atom stereocenters. The maximum atomic E-state index is 12.3. The molecule has 1 N–H and O–H groups in total. The van der Waals surface area contributed by atoms with Gasteiger partial charge in [0.1, 0.15) is 11.2 Å². The molecule has 0 aliphatic heterocycles. The first kappa shape index (κ1) is 16.1. The lowest BCUT2D eigenvalue weighted by Crippen LogP contribution is -2.32. The van der Waals surface area contributed by atoms with Crippen molar-refractivity contribution in [2.75, 3.05) is 0 Å². The standard InChI is InChI=1S/C15H18O7/c1-8(16)7-15(3,4)20-14(18)10-5-6-11-13(22-21-11)12(10)19-9(2)17/h5-6,8,16H,7H2,1-4H3. The van der Waals surface area contributed by atoms with Crippen molar-refractivity contribution >= 4 is 23.1 Å². The summed E-state index contributed by atoms with van der Waals surface area (Å²) in [5, 5.41) is 9.44. The quantitative estimate of drug-likeness (QED) is 0.515. The van der Waals surface area contributed by atoms with E-state index in [0.29, 0.717) is 5.58 Å². The van der Waals surface area contributed by atoms with E-state index in [1.807, 2.05) is 0 Å². The molecule has 0 amide bonds. The number of benzene rings is 1. The van der Waals surface area contributed by atoms with E-state index < -0.39 is 23.6 Å². The van der Waals surface area contributed by atoms with Gasteiger partial charge in [0, 0.05) is 13.3 Å². The van der Waals surface area contributed by atoms with Crippen LogP contribution in [-0.4, -0.2) is 28.8 Å². The van der Waals surface area contributed by atoms with Crippen molar-refractivity contribution in [1.29, 1.82) is 0 Å². The summed E-state index contributed by atoms with van der Waals surface area (Å²) < 4.78 is 19.9. The predicted molar refractivity (Wildman–Crippen MR) is 75.6 cm³/mol. The first-order valence-corrected chi connectivity index (χ1v) is 6.81. The molecule has 2 aromatic rings. The van der Waals surface area contributed by atoms with Crippen molar-refractivity contribution in [3.63, 3.8) is 0 Å². The zero-order valence-electron chi connectivity index (χ0n) is 12.8. The van der Waals surface area contributed by atoms with Crippen LogP contribution in [0.4, 0.5) is 0 Å². The van der Waals surface area contributed by atoms with E-state index in [1.54, 1.807) is 20.8 Å². The average molecular weight is 310 g/mol. The third-order valence-corrected chi connectivity index (χ3v) is 2.91. The highest BCUT2D eigenvalue weighted by Crippen LogP contribution is 2.34. The summed E-state index contributed by atoms with van der Waals surface area (Å²) in [5.41, 5.74) is -0.274. The molecule has 2 rings (SSSR count). The van der Waals surface area contributed by atoms with E-state index in [1.165, 1.54) is 19.1 Å². The maximum absolute atomic E-state index is 12.3. The van der Waals surface area contributed by atoms with Gasteiger partial charge in [0.25, 0.3) is 5.58 Å². The zero-order chi connectivity index (χ0) is 16.5. The molecule has 22 heavy (non-hydrogen) atoms. The second kappa shape index (κ2) is 5.84. The van der Waals surface area contributed by atoms with Crippen LogP contribution in [0, 0.1) is 0 Å². The smallest absolute Gasteiger partial charge is 0.342 e. The van der Waals surface area contributed by atoms with Gasteiger partial charge in [-0.3, -0.25) is 13.9 Å². The number of aliphatic hydroxyl groups excluding tert-OH is 1. The lowest BCUT2D eigenvalue weighted by molar-refractivity contribution is -0.132. The van der Waals surface area contributed by atoms with Gasteiger partial charge < -0.3 is 14.6 Å². The normalized spacial score (nSPS) is 13.1. The number of esters is 2. The Morgan fingerprint density at radius 1 is 1.32 bits per heavy atom. The summed E-state index contributed by atoms with van der Waals surface area (Å²) >= 11 is 0. The van der Waals surface area contributed by atoms with E-state index >= 15 is 0 Å². The molecular weight excluding hydrogens is 292 g/mol. The summed E-state index contributed by atoms with van der Waals surface area (Å²) in [4.78, 5) is 23.5. The average Bonchev–Trinajstić information content (AvgIpc) is 2.27. The fraction of sp³-hybridized carbons (Fsp3) is 0.467. The highest BCUT2D eigenvalue weighted by atomic mass is 17.0. The second-order valence-electron chi connectivity index (χ2n) is 5.73. The second-order valence-corrected chi connectivity index (χ2v) is 5.73. The summed E-state index contributed by atoms with van der Waals surface area (Å²) in [5.74, 6) is -1.31. The topological polar surface area (TPSA) is 99.1 Å². The Morgan fingerprint density at radius 3 is 2.50 bits per heavy atom. The third kappa shape index (κ3) is 3.48. The molecule has 0 radical (unpaired) electrons. The first-order chi connectivity index (χ1) is 10.2. The minimum absolute atomic E-state index is 0.0332. The van der Waals surface area contributed by atoms with Crippen molar-refractivity contribution in [3.05, 3.63) is 17.7 Å². The molecule has 7 heteroatoms. The van der Waals surface area contributed by atoms with Gasteiger partial charge in [0.15, 0.2) is 5.75 Å². The molecule has 0 fully saturated rings. The van der Waals surface area contributed by atoms with Gasteiger partial charge >= 0.3 is 11.9 Å². The van der Waals surface area contributed by atoms with Crippen molar-refractivity contribution < 1.29 is 33.3 Å². The van der Waals surface area contributed by atoms with E-state index in [0.717, 1.165) is 0 Å². The Kier molecular flexibility index (Phi) is 4.27.